The molecule has 0 saturated heterocycles. The number of aryl methyl sites for hydroxylation is 2. The van der Waals surface area contributed by atoms with E-state index in [1.807, 2.05) is 38.6 Å². The van der Waals surface area contributed by atoms with E-state index >= 15 is 0 Å². The Labute approximate surface area is 233 Å². The Morgan fingerprint density at radius 3 is 2.69 bits per heavy atom. The van der Waals surface area contributed by atoms with E-state index in [9.17, 15) is 9.90 Å². The van der Waals surface area contributed by atoms with E-state index in [-0.39, 0.29) is 17.7 Å². The van der Waals surface area contributed by atoms with Crippen LogP contribution in [0.3, 0.4) is 0 Å². The SMILES string of the molecule is CCC1=CC(CC[C@]2(C3CCCC3)CC(O)=C(CC(C)/N=c3/nc(C)cc(C)n3NC)C(=O)O2)=CC(CC)N1. The van der Waals surface area contributed by atoms with E-state index < -0.39 is 11.6 Å². The van der Waals surface area contributed by atoms with Crippen LogP contribution in [0.15, 0.2) is 45.8 Å². The summed E-state index contributed by atoms with van der Waals surface area (Å²) >= 11 is 0. The molecule has 0 radical (unpaired) electrons. The van der Waals surface area contributed by atoms with Crippen LogP contribution >= 0.6 is 0 Å². The van der Waals surface area contributed by atoms with Gasteiger partial charge in [0, 0.05) is 43.0 Å². The van der Waals surface area contributed by atoms with Crippen molar-refractivity contribution in [1.29, 1.82) is 0 Å². The Hall–Kier alpha value is -3.03. The van der Waals surface area contributed by atoms with Gasteiger partial charge in [-0.2, -0.15) is 0 Å². The van der Waals surface area contributed by atoms with E-state index in [1.54, 1.807) is 0 Å². The van der Waals surface area contributed by atoms with Gasteiger partial charge in [-0.3, -0.25) is 0 Å². The smallest absolute Gasteiger partial charge is 0.338 e. The van der Waals surface area contributed by atoms with Gasteiger partial charge in [0.25, 0.3) is 0 Å². The van der Waals surface area contributed by atoms with E-state index in [2.05, 4.69) is 41.7 Å². The van der Waals surface area contributed by atoms with Gasteiger partial charge in [0.1, 0.15) is 11.4 Å². The molecule has 0 spiro atoms. The molecular weight excluding hydrogens is 490 g/mol. The number of dihydropyridines is 1. The molecule has 3 heterocycles. The molecule has 1 saturated carbocycles. The molecule has 0 amide bonds. The molecule has 1 fully saturated rings. The van der Waals surface area contributed by atoms with Gasteiger partial charge in [-0.25, -0.2) is 19.4 Å². The Bertz CT molecular complexity index is 1220. The van der Waals surface area contributed by atoms with Gasteiger partial charge in [0.2, 0.25) is 5.62 Å². The van der Waals surface area contributed by atoms with Crippen LogP contribution in [0.5, 0.6) is 0 Å². The average Bonchev–Trinajstić information content (AvgIpc) is 3.45. The van der Waals surface area contributed by atoms with Crippen molar-refractivity contribution < 1.29 is 14.6 Å². The minimum atomic E-state index is -0.653. The first-order chi connectivity index (χ1) is 18.7. The molecule has 2 unspecified atom stereocenters. The second kappa shape index (κ2) is 12.4. The number of carbonyl (C=O) groups excluding carboxylic acids is 1. The zero-order valence-electron chi connectivity index (χ0n) is 24.6. The van der Waals surface area contributed by atoms with Gasteiger partial charge < -0.3 is 20.6 Å². The molecule has 3 atom stereocenters. The summed E-state index contributed by atoms with van der Waals surface area (Å²) in [4.78, 5) is 22.8. The molecule has 39 heavy (non-hydrogen) atoms. The lowest BCUT2D eigenvalue weighted by Gasteiger charge is -2.42. The van der Waals surface area contributed by atoms with Crippen LogP contribution in [-0.4, -0.2) is 45.5 Å². The number of hydrogen-bond donors (Lipinski definition) is 3. The molecule has 0 bridgehead atoms. The molecular formula is C31H47N5O3. The third-order valence-electron chi connectivity index (χ3n) is 8.57. The maximum atomic E-state index is 13.5. The summed E-state index contributed by atoms with van der Waals surface area (Å²) in [5, 5.41) is 14.9. The normalized spacial score (nSPS) is 25.2. The summed E-state index contributed by atoms with van der Waals surface area (Å²) in [6.07, 6.45) is 13.2. The molecule has 4 rings (SSSR count). The van der Waals surface area contributed by atoms with Crippen molar-refractivity contribution in [2.45, 2.75) is 117 Å². The fraction of sp³-hybridized carbons (Fsp3) is 0.645. The van der Waals surface area contributed by atoms with E-state index in [0.29, 0.717) is 30.1 Å². The standard InChI is InChI=1S/C31H47N5O3/c1-7-25-17-23(18-26(8-2)35-25)13-14-31(24-11-9-10-12-24)19-28(37)27(29(38)39-31)16-21(4)34-30-33-20(3)15-22(5)36(30)32-6/h15,17-18,21,24-25,32,35,37H,7-14,16,19H2,1-6H3/b34-30-/t21?,25?,31-/m1/s1. The van der Waals surface area contributed by atoms with Crippen LogP contribution in [0.25, 0.3) is 0 Å². The Morgan fingerprint density at radius 2 is 2.05 bits per heavy atom. The van der Waals surface area contributed by atoms with Crippen molar-refractivity contribution in [3.05, 3.63) is 57.8 Å². The van der Waals surface area contributed by atoms with Crippen molar-refractivity contribution >= 4 is 5.97 Å². The highest BCUT2D eigenvalue weighted by Gasteiger charge is 2.48. The monoisotopic (exact) mass is 537 g/mol. The Balaban J connectivity index is 1.56. The molecule has 214 valence electrons. The zero-order chi connectivity index (χ0) is 28.2. The number of aliphatic hydroxyl groups excluding tert-OH is 1. The summed E-state index contributed by atoms with van der Waals surface area (Å²) in [5.41, 5.74) is 7.78. The van der Waals surface area contributed by atoms with Crippen LogP contribution in [0.1, 0.15) is 96.4 Å². The number of hydrogen-bond acceptors (Lipinski definition) is 7. The quantitative estimate of drug-likeness (QED) is 0.345. The lowest BCUT2D eigenvalue weighted by molar-refractivity contribution is -0.167. The third kappa shape index (κ3) is 6.59. The predicted octanol–water partition coefficient (Wildman–Crippen LogP) is 5.42. The predicted molar refractivity (Wildman–Crippen MR) is 155 cm³/mol. The molecule has 3 N–H and O–H groups in total. The number of aliphatic hydroxyl groups is 1. The number of esters is 1. The van der Waals surface area contributed by atoms with Crippen LogP contribution < -0.4 is 16.4 Å². The maximum Gasteiger partial charge on any atom is 0.338 e. The van der Waals surface area contributed by atoms with Crippen molar-refractivity contribution in [3.63, 3.8) is 0 Å². The van der Waals surface area contributed by atoms with E-state index in [0.717, 1.165) is 62.8 Å². The molecule has 3 aliphatic rings. The number of nitrogens with zero attached hydrogens (tertiary/aromatic N) is 3. The first-order valence-electron chi connectivity index (χ1n) is 14.8. The van der Waals surface area contributed by atoms with Gasteiger partial charge in [-0.05, 0) is 82.9 Å². The van der Waals surface area contributed by atoms with Crippen molar-refractivity contribution in [1.82, 2.24) is 15.0 Å². The summed E-state index contributed by atoms with van der Waals surface area (Å²) < 4.78 is 8.20. The topological polar surface area (TPSA) is 101 Å². The van der Waals surface area contributed by atoms with Crippen LogP contribution in [0, 0.1) is 19.8 Å². The highest BCUT2D eigenvalue weighted by molar-refractivity contribution is 5.90. The summed E-state index contributed by atoms with van der Waals surface area (Å²) in [7, 11) is 1.82. The van der Waals surface area contributed by atoms with Gasteiger partial charge in [0.05, 0.1) is 11.6 Å². The second-order valence-electron chi connectivity index (χ2n) is 11.5. The Kier molecular flexibility index (Phi) is 9.23. The number of nitrogens with one attached hydrogen (secondary N) is 2. The highest BCUT2D eigenvalue weighted by atomic mass is 16.6. The number of carbonyl (C=O) groups is 1. The highest BCUT2D eigenvalue weighted by Crippen LogP contribution is 2.46. The first kappa shape index (κ1) is 29.0. The van der Waals surface area contributed by atoms with Gasteiger partial charge >= 0.3 is 5.97 Å². The summed E-state index contributed by atoms with van der Waals surface area (Å²) in [6.45, 7) is 10.2. The largest absolute Gasteiger partial charge is 0.512 e. The third-order valence-corrected chi connectivity index (χ3v) is 8.57. The molecule has 1 aromatic rings. The van der Waals surface area contributed by atoms with E-state index in [4.69, 9.17) is 9.73 Å². The lowest BCUT2D eigenvalue weighted by Crippen LogP contribution is -2.46. The molecule has 2 aliphatic heterocycles. The minimum Gasteiger partial charge on any atom is -0.512 e. The molecule has 8 nitrogen and oxygen atoms in total. The fourth-order valence-corrected chi connectivity index (χ4v) is 6.47. The number of allylic oxidation sites excluding steroid dienone is 3. The molecule has 1 aliphatic carbocycles. The van der Waals surface area contributed by atoms with Gasteiger partial charge in [-0.15, -0.1) is 0 Å². The van der Waals surface area contributed by atoms with Crippen molar-refractivity contribution in [3.8, 4) is 0 Å². The fourth-order valence-electron chi connectivity index (χ4n) is 6.47. The van der Waals surface area contributed by atoms with Crippen LogP contribution in [0.2, 0.25) is 0 Å². The second-order valence-corrected chi connectivity index (χ2v) is 11.5. The van der Waals surface area contributed by atoms with Gasteiger partial charge in [-0.1, -0.05) is 32.8 Å². The summed E-state index contributed by atoms with van der Waals surface area (Å²) in [5.74, 6) is 0.0592. The van der Waals surface area contributed by atoms with Crippen LogP contribution in [0.4, 0.5) is 0 Å². The number of rotatable bonds is 10. The lowest BCUT2D eigenvalue weighted by atomic mass is 9.76. The van der Waals surface area contributed by atoms with Crippen molar-refractivity contribution in [2.75, 3.05) is 12.5 Å². The maximum absolute atomic E-state index is 13.5. The van der Waals surface area contributed by atoms with Crippen molar-refractivity contribution in [2.24, 2.45) is 10.9 Å². The molecule has 0 aromatic carbocycles. The first-order valence-corrected chi connectivity index (χ1v) is 14.8. The number of cyclic esters (lactones) is 1. The number of aromatic nitrogens is 2. The zero-order valence-corrected chi connectivity index (χ0v) is 24.6. The van der Waals surface area contributed by atoms with Gasteiger partial charge in [0.15, 0.2) is 0 Å². The van der Waals surface area contributed by atoms with Crippen LogP contribution in [-0.2, 0) is 9.53 Å². The average molecular weight is 538 g/mol. The molecule has 8 heteroatoms. The number of ether oxygens (including phenoxy) is 1. The summed E-state index contributed by atoms with van der Waals surface area (Å²) in [6, 6.07) is 2.07. The molecule has 1 aromatic heterocycles. The minimum absolute atomic E-state index is 0.172. The van der Waals surface area contributed by atoms with E-state index in [1.165, 1.54) is 11.3 Å². The Morgan fingerprint density at radius 1 is 1.31 bits per heavy atom.